The number of unbranched alkanes of at least 4 members (excludes halogenated alkanes) is 2. The van der Waals surface area contributed by atoms with Crippen LogP contribution < -0.4 is 0 Å². The van der Waals surface area contributed by atoms with Gasteiger partial charge in [0.25, 0.3) is 0 Å². The lowest BCUT2D eigenvalue weighted by Crippen LogP contribution is -1.97. The summed E-state index contributed by atoms with van der Waals surface area (Å²) in [5.74, 6) is 0. The Morgan fingerprint density at radius 1 is 1.38 bits per heavy atom. The van der Waals surface area contributed by atoms with E-state index in [0.29, 0.717) is 0 Å². The molecule has 0 saturated heterocycles. The molecule has 2 aromatic heterocycles. The van der Waals surface area contributed by atoms with Gasteiger partial charge in [-0.05, 0) is 6.42 Å². The molecule has 0 amide bonds. The minimum atomic E-state index is -0.423. The first-order valence-corrected chi connectivity index (χ1v) is 5.78. The Hall–Kier alpha value is -1.42. The van der Waals surface area contributed by atoms with E-state index >= 15 is 0 Å². The molecular formula is C12H17N3O. The standard InChI is InChI=1S/C12H17N3O/c1-2-3-4-5-12(16)10-8-14-15-7-6-13-9-11(10)15/h6-9,12,16H,2-5H2,1H3. The van der Waals surface area contributed by atoms with Crippen molar-refractivity contribution >= 4 is 5.52 Å². The van der Waals surface area contributed by atoms with Crippen molar-refractivity contribution in [2.45, 2.75) is 38.7 Å². The van der Waals surface area contributed by atoms with Gasteiger partial charge in [-0.2, -0.15) is 5.10 Å². The smallest absolute Gasteiger partial charge is 0.0902 e. The Labute approximate surface area is 94.9 Å². The van der Waals surface area contributed by atoms with E-state index in [1.807, 2.05) is 0 Å². The second-order valence-electron chi connectivity index (χ2n) is 4.02. The van der Waals surface area contributed by atoms with Crippen LogP contribution in [0.3, 0.4) is 0 Å². The quantitative estimate of drug-likeness (QED) is 0.785. The number of aliphatic hydroxyl groups excluding tert-OH is 1. The van der Waals surface area contributed by atoms with Crippen LogP contribution in [0, 0.1) is 0 Å². The Morgan fingerprint density at radius 2 is 2.25 bits per heavy atom. The molecule has 0 aliphatic carbocycles. The second-order valence-corrected chi connectivity index (χ2v) is 4.02. The Kier molecular flexibility index (Phi) is 3.51. The van der Waals surface area contributed by atoms with Crippen molar-refractivity contribution < 1.29 is 5.11 Å². The topological polar surface area (TPSA) is 50.4 Å². The van der Waals surface area contributed by atoms with E-state index in [1.54, 1.807) is 29.3 Å². The normalized spacial score (nSPS) is 13.1. The molecule has 2 heterocycles. The summed E-state index contributed by atoms with van der Waals surface area (Å²) >= 11 is 0. The van der Waals surface area contributed by atoms with Crippen LogP contribution in [0.2, 0.25) is 0 Å². The zero-order valence-corrected chi connectivity index (χ0v) is 9.50. The fraction of sp³-hybridized carbons (Fsp3) is 0.500. The minimum Gasteiger partial charge on any atom is -0.388 e. The maximum atomic E-state index is 10.1. The number of aliphatic hydroxyl groups is 1. The van der Waals surface area contributed by atoms with Gasteiger partial charge in [-0.15, -0.1) is 0 Å². The van der Waals surface area contributed by atoms with E-state index in [-0.39, 0.29) is 0 Å². The van der Waals surface area contributed by atoms with E-state index in [2.05, 4.69) is 17.0 Å². The van der Waals surface area contributed by atoms with E-state index in [1.165, 1.54) is 6.42 Å². The van der Waals surface area contributed by atoms with Gasteiger partial charge in [0.2, 0.25) is 0 Å². The van der Waals surface area contributed by atoms with Gasteiger partial charge in [0.1, 0.15) is 0 Å². The molecule has 0 saturated carbocycles. The summed E-state index contributed by atoms with van der Waals surface area (Å²) in [7, 11) is 0. The highest BCUT2D eigenvalue weighted by Gasteiger charge is 2.12. The van der Waals surface area contributed by atoms with Gasteiger partial charge >= 0.3 is 0 Å². The van der Waals surface area contributed by atoms with Crippen LogP contribution >= 0.6 is 0 Å². The molecule has 4 heteroatoms. The van der Waals surface area contributed by atoms with Gasteiger partial charge in [0, 0.05) is 18.0 Å². The molecule has 2 aromatic rings. The van der Waals surface area contributed by atoms with Gasteiger partial charge in [-0.1, -0.05) is 26.2 Å². The Bertz CT molecular complexity index is 452. The molecule has 1 unspecified atom stereocenters. The number of aromatic nitrogens is 3. The molecule has 4 nitrogen and oxygen atoms in total. The van der Waals surface area contributed by atoms with Crippen LogP contribution in [0.15, 0.2) is 24.8 Å². The molecule has 16 heavy (non-hydrogen) atoms. The lowest BCUT2D eigenvalue weighted by Gasteiger charge is -2.08. The number of fused-ring (bicyclic) bond motifs is 1. The monoisotopic (exact) mass is 219 g/mol. The summed E-state index contributed by atoms with van der Waals surface area (Å²) in [4.78, 5) is 4.05. The van der Waals surface area contributed by atoms with E-state index in [0.717, 1.165) is 30.3 Å². The van der Waals surface area contributed by atoms with Crippen LogP contribution in [0.1, 0.15) is 44.3 Å². The van der Waals surface area contributed by atoms with E-state index < -0.39 is 6.10 Å². The second kappa shape index (κ2) is 5.07. The third-order valence-electron chi connectivity index (χ3n) is 2.79. The molecule has 0 spiro atoms. The van der Waals surface area contributed by atoms with Crippen LogP contribution in [0.4, 0.5) is 0 Å². The summed E-state index contributed by atoms with van der Waals surface area (Å²) in [5.41, 5.74) is 1.77. The van der Waals surface area contributed by atoms with Crippen molar-refractivity contribution in [1.29, 1.82) is 0 Å². The average molecular weight is 219 g/mol. The van der Waals surface area contributed by atoms with E-state index in [9.17, 15) is 5.11 Å². The van der Waals surface area contributed by atoms with Gasteiger partial charge in [-0.3, -0.25) is 4.98 Å². The molecule has 0 radical (unpaired) electrons. The molecule has 0 aromatic carbocycles. The number of hydrogen-bond acceptors (Lipinski definition) is 3. The highest BCUT2D eigenvalue weighted by atomic mass is 16.3. The largest absolute Gasteiger partial charge is 0.388 e. The summed E-state index contributed by atoms with van der Waals surface area (Å²) in [5, 5.41) is 14.2. The van der Waals surface area contributed by atoms with Gasteiger partial charge in [-0.25, -0.2) is 4.52 Å². The summed E-state index contributed by atoms with van der Waals surface area (Å²) < 4.78 is 1.74. The SMILES string of the molecule is CCCCCC(O)c1cnn2ccncc12. The first-order valence-electron chi connectivity index (χ1n) is 5.78. The summed E-state index contributed by atoms with van der Waals surface area (Å²) in [6.45, 7) is 2.16. The van der Waals surface area contributed by atoms with Crippen molar-refractivity contribution in [3.63, 3.8) is 0 Å². The predicted octanol–water partition coefficient (Wildman–Crippen LogP) is 2.34. The maximum Gasteiger partial charge on any atom is 0.0902 e. The highest BCUT2D eigenvalue weighted by molar-refractivity contribution is 5.52. The number of hydrogen-bond donors (Lipinski definition) is 1. The van der Waals surface area contributed by atoms with Crippen molar-refractivity contribution in [2.24, 2.45) is 0 Å². The van der Waals surface area contributed by atoms with Crippen LogP contribution in [-0.4, -0.2) is 19.7 Å². The third-order valence-corrected chi connectivity index (χ3v) is 2.79. The lowest BCUT2D eigenvalue weighted by molar-refractivity contribution is 0.165. The molecule has 1 N–H and O–H groups in total. The van der Waals surface area contributed by atoms with Crippen LogP contribution in [0.25, 0.3) is 5.52 Å². The summed E-state index contributed by atoms with van der Waals surface area (Å²) in [6.07, 6.45) is 10.7. The maximum absolute atomic E-state index is 10.1. The van der Waals surface area contributed by atoms with Gasteiger partial charge in [0.05, 0.1) is 24.0 Å². The van der Waals surface area contributed by atoms with Crippen LogP contribution in [0.5, 0.6) is 0 Å². The molecule has 86 valence electrons. The Balaban J connectivity index is 2.13. The van der Waals surface area contributed by atoms with Gasteiger partial charge in [0.15, 0.2) is 0 Å². The predicted molar refractivity (Wildman–Crippen MR) is 62.1 cm³/mol. The average Bonchev–Trinajstić information content (AvgIpc) is 2.73. The fourth-order valence-corrected chi connectivity index (χ4v) is 1.85. The van der Waals surface area contributed by atoms with Crippen molar-refractivity contribution in [2.75, 3.05) is 0 Å². The first kappa shape index (κ1) is 11.1. The molecule has 2 rings (SSSR count). The lowest BCUT2D eigenvalue weighted by atomic mass is 10.1. The fourth-order valence-electron chi connectivity index (χ4n) is 1.85. The molecule has 0 aliphatic rings. The molecule has 0 fully saturated rings. The molecular weight excluding hydrogens is 202 g/mol. The first-order chi connectivity index (χ1) is 7.83. The minimum absolute atomic E-state index is 0.423. The van der Waals surface area contributed by atoms with Gasteiger partial charge < -0.3 is 5.11 Å². The number of nitrogens with zero attached hydrogens (tertiary/aromatic N) is 3. The zero-order chi connectivity index (χ0) is 11.4. The summed E-state index contributed by atoms with van der Waals surface area (Å²) in [6, 6.07) is 0. The molecule has 1 atom stereocenters. The van der Waals surface area contributed by atoms with Crippen molar-refractivity contribution in [3.05, 3.63) is 30.4 Å². The van der Waals surface area contributed by atoms with Crippen LogP contribution in [-0.2, 0) is 0 Å². The van der Waals surface area contributed by atoms with Crippen molar-refractivity contribution in [1.82, 2.24) is 14.6 Å². The third kappa shape index (κ3) is 2.22. The molecule has 0 aliphatic heterocycles. The number of rotatable bonds is 5. The molecule has 0 bridgehead atoms. The van der Waals surface area contributed by atoms with E-state index in [4.69, 9.17) is 0 Å². The zero-order valence-electron chi connectivity index (χ0n) is 9.50. The Morgan fingerprint density at radius 3 is 3.06 bits per heavy atom. The highest BCUT2D eigenvalue weighted by Crippen LogP contribution is 2.23. The van der Waals surface area contributed by atoms with Crippen molar-refractivity contribution in [3.8, 4) is 0 Å².